The van der Waals surface area contributed by atoms with E-state index in [0.29, 0.717) is 6.54 Å². The molecule has 0 saturated heterocycles. The molecule has 0 aliphatic carbocycles. The Balaban J connectivity index is 2.16. The Morgan fingerprint density at radius 1 is 1.64 bits per heavy atom. The van der Waals surface area contributed by atoms with Crippen molar-refractivity contribution in [3.8, 4) is 0 Å². The fraction of sp³-hybridized carbons (Fsp3) is 0.500. The third-order valence-electron chi connectivity index (χ3n) is 2.83. The quantitative estimate of drug-likeness (QED) is 0.736. The maximum absolute atomic E-state index is 10.8. The van der Waals surface area contributed by atoms with Gasteiger partial charge in [0.05, 0.1) is 6.54 Å². The van der Waals surface area contributed by atoms with Crippen molar-refractivity contribution in [3.05, 3.63) is 24.0 Å². The van der Waals surface area contributed by atoms with Gasteiger partial charge in [0.2, 0.25) is 5.91 Å². The van der Waals surface area contributed by atoms with Crippen molar-refractivity contribution < 1.29 is 4.79 Å². The van der Waals surface area contributed by atoms with Crippen LogP contribution < -0.4 is 5.73 Å². The number of nitrogens with two attached hydrogens (primary N) is 1. The normalized spacial score (nSPS) is 21.9. The van der Waals surface area contributed by atoms with Crippen molar-refractivity contribution in [2.45, 2.75) is 19.5 Å². The Morgan fingerprint density at radius 3 is 3.14 bits per heavy atom. The Labute approximate surface area is 83.3 Å². The molecule has 2 rings (SSSR count). The number of aromatic nitrogens is 1. The Morgan fingerprint density at radius 2 is 2.43 bits per heavy atom. The molecule has 14 heavy (non-hydrogen) atoms. The zero-order valence-corrected chi connectivity index (χ0v) is 8.31. The number of primary amides is 1. The molecular weight excluding hydrogens is 178 g/mol. The van der Waals surface area contributed by atoms with Crippen LogP contribution in [0.4, 0.5) is 0 Å². The van der Waals surface area contributed by atoms with Gasteiger partial charge in [-0.25, -0.2) is 0 Å². The zero-order valence-electron chi connectivity index (χ0n) is 8.31. The van der Waals surface area contributed by atoms with Gasteiger partial charge in [0, 0.05) is 31.0 Å². The molecule has 0 radical (unpaired) electrons. The fourth-order valence-corrected chi connectivity index (χ4v) is 2.04. The van der Waals surface area contributed by atoms with E-state index in [1.54, 1.807) is 0 Å². The van der Waals surface area contributed by atoms with Gasteiger partial charge in [0.25, 0.3) is 0 Å². The topological polar surface area (TPSA) is 51.3 Å². The summed E-state index contributed by atoms with van der Waals surface area (Å²) in [4.78, 5) is 12.9. The van der Waals surface area contributed by atoms with Crippen LogP contribution in [0.2, 0.25) is 0 Å². The number of nitrogens with zero attached hydrogens (tertiary/aromatic N) is 2. The lowest BCUT2D eigenvalue weighted by molar-refractivity contribution is -0.119. The maximum atomic E-state index is 10.8. The standard InChI is InChI=1S/C10H15N3O/c1-8-9-3-2-4-12(9)5-6-13(8)7-10(11)14/h2-4,8H,5-7H2,1H3,(H2,11,14). The Bertz CT molecular complexity index is 345. The van der Waals surface area contributed by atoms with Gasteiger partial charge >= 0.3 is 0 Å². The predicted molar refractivity (Wildman–Crippen MR) is 53.6 cm³/mol. The first kappa shape index (κ1) is 9.27. The zero-order chi connectivity index (χ0) is 10.1. The van der Waals surface area contributed by atoms with Crippen LogP contribution >= 0.6 is 0 Å². The molecule has 1 aromatic heterocycles. The molecule has 0 aromatic carbocycles. The minimum atomic E-state index is -0.253. The third-order valence-corrected chi connectivity index (χ3v) is 2.83. The van der Waals surface area contributed by atoms with Gasteiger partial charge in [-0.05, 0) is 19.1 Å². The first-order valence-corrected chi connectivity index (χ1v) is 4.86. The molecule has 1 aliphatic rings. The van der Waals surface area contributed by atoms with Gasteiger partial charge in [-0.15, -0.1) is 0 Å². The molecule has 4 heteroatoms. The predicted octanol–water partition coefficient (Wildman–Crippen LogP) is 0.350. The van der Waals surface area contributed by atoms with Gasteiger partial charge < -0.3 is 10.3 Å². The molecule has 0 fully saturated rings. The van der Waals surface area contributed by atoms with Gasteiger partial charge in [-0.2, -0.15) is 0 Å². The molecule has 76 valence electrons. The Kier molecular flexibility index (Phi) is 2.29. The fourth-order valence-electron chi connectivity index (χ4n) is 2.04. The van der Waals surface area contributed by atoms with E-state index in [1.807, 2.05) is 6.07 Å². The molecule has 1 aromatic rings. The highest BCUT2D eigenvalue weighted by molar-refractivity contribution is 5.76. The summed E-state index contributed by atoms with van der Waals surface area (Å²) in [5.41, 5.74) is 6.45. The SMILES string of the molecule is CC1c2cccn2CCN1CC(N)=O. The van der Waals surface area contributed by atoms with Crippen LogP contribution in [0.1, 0.15) is 18.7 Å². The molecule has 0 bridgehead atoms. The molecule has 2 N–H and O–H groups in total. The smallest absolute Gasteiger partial charge is 0.231 e. The van der Waals surface area contributed by atoms with Crippen LogP contribution in [0.15, 0.2) is 18.3 Å². The highest BCUT2D eigenvalue weighted by atomic mass is 16.1. The van der Waals surface area contributed by atoms with Crippen LogP contribution in [0.3, 0.4) is 0 Å². The number of fused-ring (bicyclic) bond motifs is 1. The first-order chi connectivity index (χ1) is 6.68. The molecule has 1 amide bonds. The third kappa shape index (κ3) is 1.53. The molecule has 2 heterocycles. The number of hydrogen-bond acceptors (Lipinski definition) is 2. The second-order valence-corrected chi connectivity index (χ2v) is 3.74. The molecular formula is C10H15N3O. The molecule has 1 atom stereocenters. The molecule has 4 nitrogen and oxygen atoms in total. The van der Waals surface area contributed by atoms with Crippen LogP contribution in [-0.2, 0) is 11.3 Å². The summed E-state index contributed by atoms with van der Waals surface area (Å²) < 4.78 is 2.22. The van der Waals surface area contributed by atoms with Gasteiger partial charge in [0.1, 0.15) is 0 Å². The van der Waals surface area contributed by atoms with Crippen molar-refractivity contribution in [1.82, 2.24) is 9.47 Å². The second-order valence-electron chi connectivity index (χ2n) is 3.74. The number of amides is 1. The van der Waals surface area contributed by atoms with Gasteiger partial charge in [-0.1, -0.05) is 0 Å². The van der Waals surface area contributed by atoms with E-state index in [9.17, 15) is 4.79 Å². The highest BCUT2D eigenvalue weighted by Crippen LogP contribution is 2.24. The minimum absolute atomic E-state index is 0.253. The summed E-state index contributed by atoms with van der Waals surface area (Å²) in [6.07, 6.45) is 2.08. The van der Waals surface area contributed by atoms with Crippen molar-refractivity contribution >= 4 is 5.91 Å². The second kappa shape index (κ2) is 3.46. The van der Waals surface area contributed by atoms with E-state index >= 15 is 0 Å². The van der Waals surface area contributed by atoms with Crippen molar-refractivity contribution in [3.63, 3.8) is 0 Å². The van der Waals surface area contributed by atoms with Crippen LogP contribution in [0.5, 0.6) is 0 Å². The van der Waals surface area contributed by atoms with Crippen LogP contribution in [-0.4, -0.2) is 28.5 Å². The van der Waals surface area contributed by atoms with Crippen LogP contribution in [0.25, 0.3) is 0 Å². The molecule has 0 spiro atoms. The number of hydrogen-bond donors (Lipinski definition) is 1. The van der Waals surface area contributed by atoms with Crippen molar-refractivity contribution in [2.24, 2.45) is 5.73 Å². The van der Waals surface area contributed by atoms with Crippen molar-refractivity contribution in [2.75, 3.05) is 13.1 Å². The molecule has 1 aliphatic heterocycles. The summed E-state index contributed by atoms with van der Waals surface area (Å²) in [6.45, 7) is 4.30. The lowest BCUT2D eigenvalue weighted by Crippen LogP contribution is -2.41. The molecule has 0 saturated carbocycles. The minimum Gasteiger partial charge on any atom is -0.369 e. The summed E-state index contributed by atoms with van der Waals surface area (Å²) in [6, 6.07) is 4.42. The largest absolute Gasteiger partial charge is 0.369 e. The van der Waals surface area contributed by atoms with Gasteiger partial charge in [0.15, 0.2) is 0 Å². The number of carbonyl (C=O) groups is 1. The van der Waals surface area contributed by atoms with E-state index in [1.165, 1.54) is 5.69 Å². The average Bonchev–Trinajstić information content (AvgIpc) is 2.57. The van der Waals surface area contributed by atoms with E-state index < -0.39 is 0 Å². The Hall–Kier alpha value is -1.29. The van der Waals surface area contributed by atoms with Crippen molar-refractivity contribution in [1.29, 1.82) is 0 Å². The lowest BCUT2D eigenvalue weighted by atomic mass is 10.1. The highest BCUT2D eigenvalue weighted by Gasteiger charge is 2.23. The summed E-state index contributed by atoms with van der Waals surface area (Å²) in [5, 5.41) is 0. The maximum Gasteiger partial charge on any atom is 0.231 e. The van der Waals surface area contributed by atoms with E-state index in [0.717, 1.165) is 13.1 Å². The lowest BCUT2D eigenvalue weighted by Gasteiger charge is -2.33. The monoisotopic (exact) mass is 193 g/mol. The summed E-state index contributed by atoms with van der Waals surface area (Å²) >= 11 is 0. The summed E-state index contributed by atoms with van der Waals surface area (Å²) in [7, 11) is 0. The van der Waals surface area contributed by atoms with Gasteiger partial charge in [-0.3, -0.25) is 9.69 Å². The van der Waals surface area contributed by atoms with Crippen LogP contribution in [0, 0.1) is 0 Å². The molecule has 1 unspecified atom stereocenters. The van der Waals surface area contributed by atoms with E-state index in [-0.39, 0.29) is 11.9 Å². The number of rotatable bonds is 2. The first-order valence-electron chi connectivity index (χ1n) is 4.86. The number of carbonyl (C=O) groups excluding carboxylic acids is 1. The van der Waals surface area contributed by atoms with E-state index in [4.69, 9.17) is 5.73 Å². The average molecular weight is 193 g/mol. The summed E-state index contributed by atoms with van der Waals surface area (Å²) in [5.74, 6) is -0.253. The van der Waals surface area contributed by atoms with E-state index in [2.05, 4.69) is 28.7 Å².